The van der Waals surface area contributed by atoms with Crippen LogP contribution in [0.5, 0.6) is 0 Å². The van der Waals surface area contributed by atoms with Crippen molar-refractivity contribution in [2.75, 3.05) is 19.6 Å². The van der Waals surface area contributed by atoms with E-state index in [9.17, 15) is 9.59 Å². The highest BCUT2D eigenvalue weighted by molar-refractivity contribution is 5.77. The summed E-state index contributed by atoms with van der Waals surface area (Å²) in [7, 11) is 0. The lowest BCUT2D eigenvalue weighted by Gasteiger charge is -2.36. The molecule has 0 spiro atoms. The summed E-state index contributed by atoms with van der Waals surface area (Å²) >= 11 is 0. The van der Waals surface area contributed by atoms with Crippen LogP contribution >= 0.6 is 0 Å². The standard InChI is InChI=1S/C14H26N4O2/c15-10-14(5-2-1-3-6-14)8-12(19)17-11-4-7-18(9-11)13(16)20/h11H,1-10,15H2,(H2,16,20)(H,17,19). The first-order valence-corrected chi connectivity index (χ1v) is 7.58. The number of nitrogens with two attached hydrogens (primary N) is 2. The van der Waals surface area contributed by atoms with Gasteiger partial charge in [-0.1, -0.05) is 19.3 Å². The van der Waals surface area contributed by atoms with Gasteiger partial charge >= 0.3 is 6.03 Å². The molecule has 1 saturated heterocycles. The maximum Gasteiger partial charge on any atom is 0.314 e. The first kappa shape index (κ1) is 15.1. The second kappa shape index (κ2) is 6.43. The zero-order valence-corrected chi connectivity index (χ0v) is 12.1. The molecule has 2 fully saturated rings. The van der Waals surface area contributed by atoms with Crippen molar-refractivity contribution in [1.29, 1.82) is 0 Å². The minimum atomic E-state index is -0.410. The van der Waals surface area contributed by atoms with Gasteiger partial charge in [0.1, 0.15) is 0 Å². The highest BCUT2D eigenvalue weighted by Crippen LogP contribution is 2.38. The van der Waals surface area contributed by atoms with Gasteiger partial charge in [0, 0.05) is 25.6 Å². The fraction of sp³-hybridized carbons (Fsp3) is 0.857. The molecule has 1 aliphatic carbocycles. The summed E-state index contributed by atoms with van der Waals surface area (Å²) < 4.78 is 0. The Morgan fingerprint density at radius 2 is 1.95 bits per heavy atom. The first-order chi connectivity index (χ1) is 9.54. The summed E-state index contributed by atoms with van der Waals surface area (Å²) in [6, 6.07) is -0.374. The predicted molar refractivity (Wildman–Crippen MR) is 76.9 cm³/mol. The Balaban J connectivity index is 1.81. The third-order valence-electron chi connectivity index (χ3n) is 4.75. The molecule has 20 heavy (non-hydrogen) atoms. The highest BCUT2D eigenvalue weighted by Gasteiger charge is 2.34. The van der Waals surface area contributed by atoms with Crippen LogP contribution in [0.25, 0.3) is 0 Å². The number of carbonyl (C=O) groups is 2. The van der Waals surface area contributed by atoms with Crippen LogP contribution in [0.2, 0.25) is 0 Å². The molecule has 0 aromatic carbocycles. The van der Waals surface area contributed by atoms with Crippen molar-refractivity contribution in [3.8, 4) is 0 Å². The third kappa shape index (κ3) is 3.62. The van der Waals surface area contributed by atoms with Crippen molar-refractivity contribution in [3.63, 3.8) is 0 Å². The normalized spacial score (nSPS) is 25.4. The van der Waals surface area contributed by atoms with Crippen LogP contribution in [0.1, 0.15) is 44.9 Å². The van der Waals surface area contributed by atoms with Gasteiger partial charge in [-0.05, 0) is 31.2 Å². The molecule has 1 aliphatic heterocycles. The van der Waals surface area contributed by atoms with Crippen LogP contribution in [0.3, 0.4) is 0 Å². The molecule has 114 valence electrons. The average molecular weight is 282 g/mol. The number of nitrogens with zero attached hydrogens (tertiary/aromatic N) is 1. The molecule has 0 aromatic rings. The zero-order chi connectivity index (χ0) is 14.6. The van der Waals surface area contributed by atoms with Crippen molar-refractivity contribution < 1.29 is 9.59 Å². The molecule has 2 rings (SSSR count). The van der Waals surface area contributed by atoms with Gasteiger partial charge in [-0.25, -0.2) is 4.79 Å². The Morgan fingerprint density at radius 1 is 1.25 bits per heavy atom. The smallest absolute Gasteiger partial charge is 0.314 e. The molecule has 3 amide bonds. The Kier molecular flexibility index (Phi) is 4.86. The number of hydrogen-bond donors (Lipinski definition) is 3. The Bertz CT molecular complexity index is 366. The third-order valence-corrected chi connectivity index (χ3v) is 4.75. The molecule has 0 aromatic heterocycles. The second-order valence-electron chi connectivity index (χ2n) is 6.28. The predicted octanol–water partition coefficient (Wildman–Crippen LogP) is 0.555. The van der Waals surface area contributed by atoms with E-state index in [0.29, 0.717) is 26.1 Å². The number of likely N-dealkylation sites (tertiary alicyclic amines) is 1. The molecule has 1 unspecified atom stereocenters. The van der Waals surface area contributed by atoms with E-state index in [1.807, 2.05) is 0 Å². The van der Waals surface area contributed by atoms with Gasteiger partial charge in [-0.3, -0.25) is 4.79 Å². The van der Waals surface area contributed by atoms with E-state index in [1.54, 1.807) is 4.90 Å². The Morgan fingerprint density at radius 3 is 2.50 bits per heavy atom. The maximum atomic E-state index is 12.2. The Hall–Kier alpha value is -1.30. The maximum absolute atomic E-state index is 12.2. The number of carbonyl (C=O) groups excluding carboxylic acids is 2. The lowest BCUT2D eigenvalue weighted by molar-refractivity contribution is -0.124. The van der Waals surface area contributed by atoms with Crippen LogP contribution in [-0.4, -0.2) is 42.5 Å². The van der Waals surface area contributed by atoms with Crippen molar-refractivity contribution in [3.05, 3.63) is 0 Å². The number of hydrogen-bond acceptors (Lipinski definition) is 3. The number of amides is 3. The summed E-state index contributed by atoms with van der Waals surface area (Å²) in [5, 5.41) is 3.03. The molecule has 6 nitrogen and oxygen atoms in total. The fourth-order valence-corrected chi connectivity index (χ4v) is 3.45. The van der Waals surface area contributed by atoms with Crippen molar-refractivity contribution >= 4 is 11.9 Å². The van der Waals surface area contributed by atoms with Crippen LogP contribution in [0.15, 0.2) is 0 Å². The average Bonchev–Trinajstić information content (AvgIpc) is 2.88. The van der Waals surface area contributed by atoms with Gasteiger partial charge in [0.15, 0.2) is 0 Å². The van der Waals surface area contributed by atoms with Crippen LogP contribution in [0, 0.1) is 5.41 Å². The molecule has 1 saturated carbocycles. The number of primary amides is 1. The monoisotopic (exact) mass is 282 g/mol. The van der Waals surface area contributed by atoms with E-state index >= 15 is 0 Å². The van der Waals surface area contributed by atoms with E-state index in [2.05, 4.69) is 5.32 Å². The summed E-state index contributed by atoms with van der Waals surface area (Å²) in [4.78, 5) is 24.8. The van der Waals surface area contributed by atoms with Crippen LogP contribution < -0.4 is 16.8 Å². The van der Waals surface area contributed by atoms with Gasteiger partial charge in [0.2, 0.25) is 5.91 Å². The summed E-state index contributed by atoms with van der Waals surface area (Å²) in [5.41, 5.74) is 11.1. The SMILES string of the molecule is NCC1(CC(=O)NC2CCN(C(N)=O)C2)CCCCC1. The van der Waals surface area contributed by atoms with E-state index in [0.717, 1.165) is 19.3 Å². The zero-order valence-electron chi connectivity index (χ0n) is 12.1. The van der Waals surface area contributed by atoms with Crippen molar-refractivity contribution in [1.82, 2.24) is 10.2 Å². The molecule has 1 atom stereocenters. The number of rotatable bonds is 4. The van der Waals surface area contributed by atoms with Gasteiger partial charge in [-0.2, -0.15) is 0 Å². The molecular formula is C14H26N4O2. The minimum Gasteiger partial charge on any atom is -0.352 e. The summed E-state index contributed by atoms with van der Waals surface area (Å²) in [6.07, 6.45) is 6.98. The van der Waals surface area contributed by atoms with E-state index in [4.69, 9.17) is 11.5 Å². The lowest BCUT2D eigenvalue weighted by atomic mass is 9.71. The largest absolute Gasteiger partial charge is 0.352 e. The van der Waals surface area contributed by atoms with Gasteiger partial charge in [-0.15, -0.1) is 0 Å². The molecule has 6 heteroatoms. The molecule has 2 aliphatic rings. The quantitative estimate of drug-likeness (QED) is 0.702. The number of urea groups is 1. The van der Waals surface area contributed by atoms with Crippen molar-refractivity contribution in [2.45, 2.75) is 51.0 Å². The number of nitrogens with one attached hydrogen (secondary N) is 1. The lowest BCUT2D eigenvalue weighted by Crippen LogP contribution is -2.43. The first-order valence-electron chi connectivity index (χ1n) is 7.58. The molecule has 1 heterocycles. The van der Waals surface area contributed by atoms with E-state index in [1.165, 1.54) is 19.3 Å². The minimum absolute atomic E-state index is 0.00961. The molecule has 5 N–H and O–H groups in total. The van der Waals surface area contributed by atoms with Gasteiger partial charge in [0.05, 0.1) is 0 Å². The highest BCUT2D eigenvalue weighted by atomic mass is 16.2. The molecule has 0 radical (unpaired) electrons. The second-order valence-corrected chi connectivity index (χ2v) is 6.28. The van der Waals surface area contributed by atoms with Gasteiger partial charge in [0.25, 0.3) is 0 Å². The molecular weight excluding hydrogens is 256 g/mol. The summed E-state index contributed by atoms with van der Waals surface area (Å²) in [5.74, 6) is 0.0636. The van der Waals surface area contributed by atoms with Crippen LogP contribution in [0.4, 0.5) is 4.79 Å². The van der Waals surface area contributed by atoms with Gasteiger partial charge < -0.3 is 21.7 Å². The topological polar surface area (TPSA) is 101 Å². The van der Waals surface area contributed by atoms with E-state index < -0.39 is 6.03 Å². The Labute approximate surface area is 120 Å². The molecule has 0 bridgehead atoms. The van der Waals surface area contributed by atoms with Crippen molar-refractivity contribution in [2.24, 2.45) is 16.9 Å². The van der Waals surface area contributed by atoms with Crippen LogP contribution in [-0.2, 0) is 4.79 Å². The van der Waals surface area contributed by atoms with E-state index in [-0.39, 0.29) is 17.4 Å². The summed E-state index contributed by atoms with van der Waals surface area (Å²) in [6.45, 7) is 1.73. The fourth-order valence-electron chi connectivity index (χ4n) is 3.45.